The van der Waals surface area contributed by atoms with E-state index in [9.17, 15) is 18.9 Å². The molecule has 5 aromatic rings. The highest BCUT2D eigenvalue weighted by Crippen LogP contribution is 2.36. The van der Waals surface area contributed by atoms with Crippen molar-refractivity contribution in [3.8, 4) is 11.3 Å². The Labute approximate surface area is 216 Å². The van der Waals surface area contributed by atoms with Gasteiger partial charge in [-0.1, -0.05) is 0 Å². The molecule has 0 bridgehead atoms. The third-order valence-corrected chi connectivity index (χ3v) is 6.42. The molecule has 0 aliphatic carbocycles. The molecule has 5 rings (SSSR count). The normalized spacial score (nSPS) is 11.6. The number of halogens is 2. The summed E-state index contributed by atoms with van der Waals surface area (Å²) in [7, 11) is 7.44. The first-order chi connectivity index (χ1) is 18.1. The maximum absolute atomic E-state index is 14.2. The van der Waals surface area contributed by atoms with Gasteiger partial charge < -0.3 is 24.7 Å². The lowest BCUT2D eigenvalue weighted by atomic mass is 10.1. The van der Waals surface area contributed by atoms with Crippen LogP contribution in [0.5, 0.6) is 0 Å². The quantitative estimate of drug-likeness (QED) is 0.218. The molecule has 0 radical (unpaired) electrons. The molecule has 0 aliphatic heterocycles. The van der Waals surface area contributed by atoms with Crippen molar-refractivity contribution in [2.24, 2.45) is 7.05 Å². The van der Waals surface area contributed by atoms with Gasteiger partial charge in [-0.3, -0.25) is 10.1 Å². The van der Waals surface area contributed by atoms with E-state index in [1.165, 1.54) is 6.07 Å². The minimum atomic E-state index is -0.953. The maximum Gasteiger partial charge on any atom is 0.294 e. The number of anilines is 3. The highest BCUT2D eigenvalue weighted by Gasteiger charge is 2.21. The van der Waals surface area contributed by atoms with Gasteiger partial charge >= 0.3 is 0 Å². The van der Waals surface area contributed by atoms with Crippen molar-refractivity contribution < 1.29 is 13.7 Å². The molecular weight excluding hydrogens is 494 g/mol. The van der Waals surface area contributed by atoms with Gasteiger partial charge in [-0.2, -0.15) is 4.98 Å². The Morgan fingerprint density at radius 3 is 2.55 bits per heavy atom. The number of fused-ring (bicyclic) bond motifs is 2. The third kappa shape index (κ3) is 4.61. The molecule has 10 nitrogen and oxygen atoms in total. The Bertz CT molecular complexity index is 1680. The largest absolute Gasteiger partial charge is 0.368 e. The number of H-pyrrole nitrogens is 1. The molecule has 2 N–H and O–H groups in total. The molecule has 0 unspecified atom stereocenters. The number of nitrogens with zero attached hydrogens (tertiary/aromatic N) is 6. The number of hydrogen-bond donors (Lipinski definition) is 2. The maximum atomic E-state index is 14.2. The number of rotatable bonds is 8. The van der Waals surface area contributed by atoms with Crippen molar-refractivity contribution in [3.63, 3.8) is 0 Å². The van der Waals surface area contributed by atoms with Crippen LogP contribution in [0.4, 0.5) is 31.8 Å². The zero-order valence-electron chi connectivity index (χ0n) is 21.3. The lowest BCUT2D eigenvalue weighted by molar-refractivity contribution is -0.384. The van der Waals surface area contributed by atoms with Crippen molar-refractivity contribution in [1.82, 2.24) is 24.4 Å². The second-order valence-corrected chi connectivity index (χ2v) is 9.38. The summed E-state index contributed by atoms with van der Waals surface area (Å²) in [5.74, 6) is -1.69. The Hall–Kier alpha value is -4.58. The van der Waals surface area contributed by atoms with Gasteiger partial charge in [0.15, 0.2) is 11.6 Å². The van der Waals surface area contributed by atoms with Crippen molar-refractivity contribution in [3.05, 3.63) is 70.5 Å². The summed E-state index contributed by atoms with van der Waals surface area (Å²) >= 11 is 0. The molecule has 0 atom stereocenters. The molecule has 12 heteroatoms. The van der Waals surface area contributed by atoms with Crippen LogP contribution in [0.25, 0.3) is 33.2 Å². The summed E-state index contributed by atoms with van der Waals surface area (Å²) in [5.41, 5.74) is 3.01. The number of aromatic nitrogens is 4. The average molecular weight is 521 g/mol. The molecule has 196 valence electrons. The molecule has 2 aromatic carbocycles. The van der Waals surface area contributed by atoms with Gasteiger partial charge in [0.05, 0.1) is 16.1 Å². The van der Waals surface area contributed by atoms with E-state index >= 15 is 0 Å². The molecule has 0 spiro atoms. The first kappa shape index (κ1) is 25.1. The van der Waals surface area contributed by atoms with E-state index in [2.05, 4.69) is 20.3 Å². The molecule has 3 heterocycles. The molecule has 38 heavy (non-hydrogen) atoms. The number of nitro benzene ring substituents is 1. The van der Waals surface area contributed by atoms with Gasteiger partial charge in [-0.05, 0) is 38.4 Å². The molecular formula is C26H26F2N8O2. The second kappa shape index (κ2) is 9.71. The zero-order valence-corrected chi connectivity index (χ0v) is 21.3. The minimum Gasteiger partial charge on any atom is -0.368 e. The van der Waals surface area contributed by atoms with Gasteiger partial charge in [0.1, 0.15) is 11.3 Å². The van der Waals surface area contributed by atoms with Crippen LogP contribution >= 0.6 is 0 Å². The first-order valence-corrected chi connectivity index (χ1v) is 11.8. The van der Waals surface area contributed by atoms with Crippen molar-refractivity contribution in [1.29, 1.82) is 0 Å². The van der Waals surface area contributed by atoms with Gasteiger partial charge in [-0.15, -0.1) is 0 Å². The lowest BCUT2D eigenvalue weighted by Crippen LogP contribution is -2.28. The molecule has 0 saturated heterocycles. The summed E-state index contributed by atoms with van der Waals surface area (Å²) in [6.45, 7) is 1.36. The fourth-order valence-electron chi connectivity index (χ4n) is 4.44. The van der Waals surface area contributed by atoms with E-state index in [-0.39, 0.29) is 11.6 Å². The van der Waals surface area contributed by atoms with E-state index in [1.807, 2.05) is 30.9 Å². The summed E-state index contributed by atoms with van der Waals surface area (Å²) in [4.78, 5) is 27.5. The number of nitrogens with one attached hydrogen (secondary N) is 2. The Morgan fingerprint density at radius 1 is 1.05 bits per heavy atom. The van der Waals surface area contributed by atoms with E-state index in [0.717, 1.165) is 18.7 Å². The van der Waals surface area contributed by atoms with E-state index in [0.29, 0.717) is 51.1 Å². The number of nitro groups is 1. The van der Waals surface area contributed by atoms with Gasteiger partial charge in [-0.25, -0.2) is 13.8 Å². The van der Waals surface area contributed by atoms with Gasteiger partial charge in [0, 0.05) is 73.7 Å². The van der Waals surface area contributed by atoms with Gasteiger partial charge in [0.2, 0.25) is 5.95 Å². The summed E-state index contributed by atoms with van der Waals surface area (Å²) in [6, 6.07) is 8.97. The summed E-state index contributed by atoms with van der Waals surface area (Å²) in [5, 5.41) is 16.1. The van der Waals surface area contributed by atoms with Crippen LogP contribution in [-0.2, 0) is 7.05 Å². The first-order valence-electron chi connectivity index (χ1n) is 11.8. The minimum absolute atomic E-state index is 0.0519. The van der Waals surface area contributed by atoms with Crippen molar-refractivity contribution in [2.45, 2.75) is 0 Å². The molecule has 3 aromatic heterocycles. The topological polar surface area (TPSA) is 108 Å². The Morgan fingerprint density at radius 2 is 1.82 bits per heavy atom. The summed E-state index contributed by atoms with van der Waals surface area (Å²) in [6.07, 6.45) is 3.46. The number of likely N-dealkylation sites (N-methyl/N-ethyl adjacent to an activating group) is 2. The molecule has 0 aliphatic rings. The zero-order chi connectivity index (χ0) is 27.1. The number of aromatic amines is 1. The highest BCUT2D eigenvalue weighted by atomic mass is 19.2. The molecule has 0 saturated carbocycles. The van der Waals surface area contributed by atoms with Crippen molar-refractivity contribution >= 4 is 44.9 Å². The van der Waals surface area contributed by atoms with Gasteiger partial charge in [0.25, 0.3) is 5.69 Å². The predicted molar refractivity (Wildman–Crippen MR) is 144 cm³/mol. The summed E-state index contributed by atoms with van der Waals surface area (Å²) < 4.78 is 29.8. The van der Waals surface area contributed by atoms with Crippen LogP contribution in [0.3, 0.4) is 0 Å². The molecule has 0 fully saturated rings. The smallest absolute Gasteiger partial charge is 0.294 e. The van der Waals surface area contributed by atoms with E-state index < -0.39 is 16.6 Å². The Balaban J connectivity index is 1.55. The van der Waals surface area contributed by atoms with E-state index in [4.69, 9.17) is 0 Å². The number of hydrogen-bond acceptors (Lipinski definition) is 7. The molecule has 0 amide bonds. The Kier molecular flexibility index (Phi) is 6.41. The van der Waals surface area contributed by atoms with Crippen LogP contribution in [0.1, 0.15) is 0 Å². The highest BCUT2D eigenvalue weighted by molar-refractivity contribution is 6.02. The predicted octanol–water partition coefficient (Wildman–Crippen LogP) is 5.04. The van der Waals surface area contributed by atoms with Crippen molar-refractivity contribution in [2.75, 3.05) is 44.4 Å². The van der Waals surface area contributed by atoms with E-state index in [1.54, 1.807) is 42.2 Å². The average Bonchev–Trinajstić information content (AvgIpc) is 3.47. The van der Waals surface area contributed by atoms with Crippen LogP contribution in [0.2, 0.25) is 0 Å². The second-order valence-electron chi connectivity index (χ2n) is 9.38. The van der Waals surface area contributed by atoms with Crippen LogP contribution in [0, 0.1) is 21.7 Å². The fraction of sp³-hybridized carbons (Fsp3) is 0.231. The lowest BCUT2D eigenvalue weighted by Gasteiger charge is -2.21. The monoisotopic (exact) mass is 520 g/mol. The third-order valence-electron chi connectivity index (χ3n) is 6.42. The van der Waals surface area contributed by atoms with Crippen LogP contribution in [0.15, 0.2) is 48.8 Å². The van der Waals surface area contributed by atoms with Crippen LogP contribution in [-0.4, -0.2) is 63.6 Å². The fourth-order valence-corrected chi connectivity index (χ4v) is 4.44. The SMILES string of the molecule is CN(C)CCN(C)c1ccc(Nc2nc(-c3cn(C)c4cc(F)c(F)cc34)c3cc[nH]c3n2)cc1[N+](=O)[O-]. The number of benzene rings is 2. The number of aryl methyl sites for hydroxylation is 1. The van der Waals surface area contributed by atoms with Crippen LogP contribution < -0.4 is 10.2 Å². The standard InChI is InChI=1S/C26H26F2N8O2/c1-33(2)9-10-34(3)21-6-5-15(11-23(21)36(37)38)30-26-31-24(16-7-8-29-25(16)32-26)18-14-35(4)22-13-20(28)19(27)12-17(18)22/h5-8,11-14H,9-10H2,1-4H3,(H2,29,30,31,32).